The van der Waals surface area contributed by atoms with Gasteiger partial charge in [-0.1, -0.05) is 0 Å². The summed E-state index contributed by atoms with van der Waals surface area (Å²) in [6.07, 6.45) is 0. The molecule has 0 atom stereocenters. The molecule has 0 bridgehead atoms. The normalized spacial score (nSPS) is 10.4. The molecule has 0 aromatic carbocycles. The molecule has 0 aliphatic carbocycles. The maximum Gasteiger partial charge on any atom is 0.333 e. The van der Waals surface area contributed by atoms with E-state index >= 15 is 0 Å². The summed E-state index contributed by atoms with van der Waals surface area (Å²) in [5, 5.41) is 15.5. The zero-order chi connectivity index (χ0) is 13.0. The summed E-state index contributed by atoms with van der Waals surface area (Å²) in [5.74, 6) is 0.559. The minimum absolute atomic E-state index is 0.111. The molecule has 1 aromatic heterocycles. The second-order valence-electron chi connectivity index (χ2n) is 3.62. The lowest BCUT2D eigenvalue weighted by molar-refractivity contribution is -0.385. The molecular formula is C9H16N6O2. The molecule has 1 aromatic rings. The molecule has 0 saturated carbocycles. The molecule has 1 rings (SSSR count). The van der Waals surface area contributed by atoms with Crippen molar-refractivity contribution < 1.29 is 4.92 Å². The molecule has 17 heavy (non-hydrogen) atoms. The molecule has 1 heterocycles. The van der Waals surface area contributed by atoms with Gasteiger partial charge in [0.1, 0.15) is 5.69 Å². The Balaban J connectivity index is 3.23. The zero-order valence-corrected chi connectivity index (χ0v) is 10.3. The number of hydrogen-bond acceptors (Lipinski definition) is 7. The van der Waals surface area contributed by atoms with Crippen molar-refractivity contribution >= 4 is 17.5 Å². The maximum atomic E-state index is 10.9. The standard InChI is InChI=1S/C9H16N6O2/c1-5-10-9-11-6(2)7(15(16)17)8(12-9)13-14(3)4/h5H2,1-4H3,(H2,10,11,12,13). The number of nitrogens with one attached hydrogen (secondary N) is 2. The monoisotopic (exact) mass is 240 g/mol. The smallest absolute Gasteiger partial charge is 0.333 e. The largest absolute Gasteiger partial charge is 0.354 e. The molecule has 0 aliphatic heterocycles. The first-order valence-electron chi connectivity index (χ1n) is 5.16. The van der Waals surface area contributed by atoms with Gasteiger partial charge in [0.2, 0.25) is 11.8 Å². The molecule has 0 unspecified atom stereocenters. The van der Waals surface area contributed by atoms with Crippen LogP contribution in [-0.2, 0) is 0 Å². The van der Waals surface area contributed by atoms with E-state index < -0.39 is 4.92 Å². The lowest BCUT2D eigenvalue weighted by Crippen LogP contribution is -2.22. The molecule has 0 saturated heterocycles. The van der Waals surface area contributed by atoms with Gasteiger partial charge in [-0.05, 0) is 13.8 Å². The summed E-state index contributed by atoms with van der Waals surface area (Å²) < 4.78 is 0. The van der Waals surface area contributed by atoms with Crippen molar-refractivity contribution in [3.63, 3.8) is 0 Å². The van der Waals surface area contributed by atoms with E-state index in [0.29, 0.717) is 18.2 Å². The van der Waals surface area contributed by atoms with Crippen molar-refractivity contribution in [1.82, 2.24) is 15.0 Å². The summed E-state index contributed by atoms with van der Waals surface area (Å²) in [7, 11) is 3.46. The van der Waals surface area contributed by atoms with Crippen LogP contribution < -0.4 is 10.7 Å². The van der Waals surface area contributed by atoms with Crippen molar-refractivity contribution in [1.29, 1.82) is 0 Å². The quantitative estimate of drug-likeness (QED) is 0.585. The fourth-order valence-corrected chi connectivity index (χ4v) is 1.31. The number of hydrazine groups is 1. The Labute approximate surface area is 99.2 Å². The highest BCUT2D eigenvalue weighted by atomic mass is 16.6. The number of anilines is 2. The minimum Gasteiger partial charge on any atom is -0.354 e. The Bertz CT molecular complexity index is 420. The van der Waals surface area contributed by atoms with E-state index in [9.17, 15) is 10.1 Å². The lowest BCUT2D eigenvalue weighted by Gasteiger charge is -2.14. The Morgan fingerprint density at radius 3 is 2.53 bits per heavy atom. The highest BCUT2D eigenvalue weighted by Gasteiger charge is 2.22. The Morgan fingerprint density at radius 2 is 2.06 bits per heavy atom. The van der Waals surface area contributed by atoms with Crippen LogP contribution in [0, 0.1) is 17.0 Å². The van der Waals surface area contributed by atoms with E-state index in [1.165, 1.54) is 0 Å². The third-order valence-corrected chi connectivity index (χ3v) is 1.91. The number of nitro groups is 1. The van der Waals surface area contributed by atoms with E-state index in [4.69, 9.17) is 0 Å². The van der Waals surface area contributed by atoms with Gasteiger partial charge >= 0.3 is 5.69 Å². The van der Waals surface area contributed by atoms with Crippen molar-refractivity contribution in [2.75, 3.05) is 31.4 Å². The van der Waals surface area contributed by atoms with Crippen LogP contribution >= 0.6 is 0 Å². The van der Waals surface area contributed by atoms with Crippen molar-refractivity contribution in [3.05, 3.63) is 15.8 Å². The van der Waals surface area contributed by atoms with Crippen molar-refractivity contribution in [2.24, 2.45) is 0 Å². The van der Waals surface area contributed by atoms with E-state index in [1.54, 1.807) is 26.0 Å². The van der Waals surface area contributed by atoms with Crippen LogP contribution in [0.2, 0.25) is 0 Å². The Hall–Kier alpha value is -1.96. The van der Waals surface area contributed by atoms with Gasteiger partial charge < -0.3 is 5.32 Å². The van der Waals surface area contributed by atoms with Crippen LogP contribution in [0.5, 0.6) is 0 Å². The minimum atomic E-state index is -0.489. The van der Waals surface area contributed by atoms with E-state index in [-0.39, 0.29) is 11.5 Å². The van der Waals surface area contributed by atoms with Crippen LogP contribution in [0.15, 0.2) is 0 Å². The highest BCUT2D eigenvalue weighted by Crippen LogP contribution is 2.26. The summed E-state index contributed by atoms with van der Waals surface area (Å²) >= 11 is 0. The van der Waals surface area contributed by atoms with Gasteiger partial charge in [-0.3, -0.25) is 15.5 Å². The van der Waals surface area contributed by atoms with Gasteiger partial charge in [0.15, 0.2) is 0 Å². The summed E-state index contributed by atoms with van der Waals surface area (Å²) in [4.78, 5) is 18.5. The fraction of sp³-hybridized carbons (Fsp3) is 0.556. The Morgan fingerprint density at radius 1 is 1.41 bits per heavy atom. The van der Waals surface area contributed by atoms with Crippen LogP contribution in [0.4, 0.5) is 17.5 Å². The van der Waals surface area contributed by atoms with Gasteiger partial charge in [-0.15, -0.1) is 0 Å². The van der Waals surface area contributed by atoms with Crippen LogP contribution in [0.25, 0.3) is 0 Å². The van der Waals surface area contributed by atoms with E-state index in [0.717, 1.165) is 0 Å². The average molecular weight is 240 g/mol. The van der Waals surface area contributed by atoms with Gasteiger partial charge in [0.25, 0.3) is 0 Å². The van der Waals surface area contributed by atoms with Crippen LogP contribution in [-0.4, -0.2) is 40.5 Å². The molecular weight excluding hydrogens is 224 g/mol. The maximum absolute atomic E-state index is 10.9. The van der Waals surface area contributed by atoms with Gasteiger partial charge in [-0.25, -0.2) is 9.99 Å². The molecule has 94 valence electrons. The molecule has 0 spiro atoms. The number of hydrogen-bond donors (Lipinski definition) is 2. The second-order valence-corrected chi connectivity index (χ2v) is 3.62. The third kappa shape index (κ3) is 3.25. The zero-order valence-electron chi connectivity index (χ0n) is 10.3. The predicted molar refractivity (Wildman–Crippen MR) is 64.9 cm³/mol. The summed E-state index contributed by atoms with van der Waals surface area (Å²) in [6.45, 7) is 4.14. The third-order valence-electron chi connectivity index (χ3n) is 1.91. The van der Waals surface area contributed by atoms with E-state index in [1.807, 2.05) is 6.92 Å². The number of rotatable bonds is 5. The number of nitrogens with zero attached hydrogens (tertiary/aromatic N) is 4. The first kappa shape index (κ1) is 13.1. The Kier molecular flexibility index (Phi) is 4.16. The average Bonchev–Trinajstić information content (AvgIpc) is 2.15. The highest BCUT2D eigenvalue weighted by molar-refractivity contribution is 5.60. The van der Waals surface area contributed by atoms with Gasteiger partial charge in [-0.2, -0.15) is 4.98 Å². The van der Waals surface area contributed by atoms with Gasteiger partial charge in [0.05, 0.1) is 4.92 Å². The molecule has 0 fully saturated rings. The topological polar surface area (TPSA) is 96.2 Å². The van der Waals surface area contributed by atoms with Crippen molar-refractivity contribution in [3.8, 4) is 0 Å². The molecule has 2 N–H and O–H groups in total. The first-order chi connectivity index (χ1) is 7.95. The van der Waals surface area contributed by atoms with Crippen LogP contribution in [0.3, 0.4) is 0 Å². The number of aryl methyl sites for hydroxylation is 1. The molecule has 8 nitrogen and oxygen atoms in total. The van der Waals surface area contributed by atoms with Crippen molar-refractivity contribution in [2.45, 2.75) is 13.8 Å². The second kappa shape index (κ2) is 5.39. The SMILES string of the molecule is CCNc1nc(C)c([N+](=O)[O-])c(NN(C)C)n1. The molecule has 0 radical (unpaired) electrons. The first-order valence-corrected chi connectivity index (χ1v) is 5.16. The molecule has 0 aliphatic rings. The predicted octanol–water partition coefficient (Wildman–Crippen LogP) is 1.01. The van der Waals surface area contributed by atoms with Crippen LogP contribution in [0.1, 0.15) is 12.6 Å². The number of aromatic nitrogens is 2. The molecule has 8 heteroatoms. The van der Waals surface area contributed by atoms with E-state index in [2.05, 4.69) is 20.7 Å². The summed E-state index contributed by atoms with van der Waals surface area (Å²) in [5.41, 5.74) is 3.01. The van der Waals surface area contributed by atoms with Gasteiger partial charge in [0, 0.05) is 20.6 Å². The lowest BCUT2D eigenvalue weighted by atomic mass is 10.3. The fourth-order valence-electron chi connectivity index (χ4n) is 1.31. The molecule has 0 amide bonds. The summed E-state index contributed by atoms with van der Waals surface area (Å²) in [6, 6.07) is 0.